The molecule has 0 saturated carbocycles. The highest BCUT2D eigenvalue weighted by atomic mass is 32.2. The van der Waals surface area contributed by atoms with E-state index in [-0.39, 0.29) is 0 Å². The number of thiophene rings is 1. The molecule has 0 fully saturated rings. The van der Waals surface area contributed by atoms with Gasteiger partial charge in [0.15, 0.2) is 0 Å². The average molecular weight is 271 g/mol. The monoisotopic (exact) mass is 271 g/mol. The average Bonchev–Trinajstić information content (AvgIpc) is 2.71. The molecule has 94 valence electrons. The molecule has 3 nitrogen and oxygen atoms in total. The van der Waals surface area contributed by atoms with Gasteiger partial charge in [0, 0.05) is 29.8 Å². The van der Waals surface area contributed by atoms with Crippen LogP contribution in [0.3, 0.4) is 0 Å². The van der Waals surface area contributed by atoms with E-state index >= 15 is 0 Å². The summed E-state index contributed by atoms with van der Waals surface area (Å²) in [5.74, 6) is 0.225. The van der Waals surface area contributed by atoms with Gasteiger partial charge in [-0.05, 0) is 36.4 Å². The van der Waals surface area contributed by atoms with Gasteiger partial charge in [-0.25, -0.2) is 4.79 Å². The smallest absolute Gasteiger partial charge is 0.328 e. The van der Waals surface area contributed by atoms with Gasteiger partial charge in [0.25, 0.3) is 0 Å². The zero-order chi connectivity index (χ0) is 12.7. The first kappa shape index (κ1) is 14.3. The molecular formula is C12H17NO2S2. The Kier molecular flexibility index (Phi) is 6.32. The summed E-state index contributed by atoms with van der Waals surface area (Å²) in [5.41, 5.74) is 0.964. The summed E-state index contributed by atoms with van der Waals surface area (Å²) >= 11 is 3.51. The van der Waals surface area contributed by atoms with Crippen LogP contribution in [0.2, 0.25) is 0 Å². The van der Waals surface area contributed by atoms with Crippen LogP contribution < -0.4 is 0 Å². The molecule has 0 aliphatic carbocycles. The van der Waals surface area contributed by atoms with Gasteiger partial charge >= 0.3 is 5.97 Å². The van der Waals surface area contributed by atoms with Crippen molar-refractivity contribution in [2.45, 2.75) is 6.54 Å². The molecule has 1 aromatic rings. The molecule has 1 heterocycles. The largest absolute Gasteiger partial charge is 0.478 e. The van der Waals surface area contributed by atoms with E-state index in [4.69, 9.17) is 5.11 Å². The molecule has 0 amide bonds. The Balaban J connectivity index is 2.47. The Morgan fingerprint density at radius 2 is 2.41 bits per heavy atom. The number of hydrogen-bond donors (Lipinski definition) is 1. The molecule has 0 unspecified atom stereocenters. The fourth-order valence-corrected chi connectivity index (χ4v) is 2.76. The van der Waals surface area contributed by atoms with Crippen LogP contribution in [0.1, 0.15) is 10.4 Å². The molecule has 0 atom stereocenters. The predicted octanol–water partition coefficient (Wildman–Crippen LogP) is 2.64. The van der Waals surface area contributed by atoms with Gasteiger partial charge in [-0.1, -0.05) is 0 Å². The van der Waals surface area contributed by atoms with Gasteiger partial charge in [-0.2, -0.15) is 11.8 Å². The summed E-state index contributed by atoms with van der Waals surface area (Å²) in [7, 11) is 2.10. The van der Waals surface area contributed by atoms with E-state index in [1.165, 1.54) is 11.0 Å². The Labute approximate surface area is 110 Å². The maximum atomic E-state index is 10.4. The lowest BCUT2D eigenvalue weighted by atomic mass is 10.3. The van der Waals surface area contributed by atoms with Crippen LogP contribution in [-0.4, -0.2) is 41.6 Å². The Morgan fingerprint density at radius 3 is 3.06 bits per heavy atom. The number of nitrogens with zero attached hydrogens (tertiary/aromatic N) is 1. The van der Waals surface area contributed by atoms with Gasteiger partial charge in [0.05, 0.1) is 0 Å². The van der Waals surface area contributed by atoms with Crippen molar-refractivity contribution in [3.8, 4) is 0 Å². The Bertz CT molecular complexity index is 388. The quantitative estimate of drug-likeness (QED) is 0.774. The number of thioether (sulfide) groups is 1. The number of carbonyl (C=O) groups is 1. The highest BCUT2D eigenvalue weighted by molar-refractivity contribution is 7.98. The van der Waals surface area contributed by atoms with Crippen molar-refractivity contribution >= 4 is 35.1 Å². The molecule has 0 bridgehead atoms. The molecule has 1 rings (SSSR count). The highest BCUT2D eigenvalue weighted by Gasteiger charge is 2.02. The third-order valence-corrected chi connectivity index (χ3v) is 3.73. The van der Waals surface area contributed by atoms with Crippen molar-refractivity contribution < 1.29 is 9.90 Å². The molecule has 17 heavy (non-hydrogen) atoms. The summed E-state index contributed by atoms with van der Waals surface area (Å²) < 4.78 is 0. The van der Waals surface area contributed by atoms with E-state index in [9.17, 15) is 4.79 Å². The first-order valence-electron chi connectivity index (χ1n) is 5.27. The van der Waals surface area contributed by atoms with Crippen LogP contribution in [0.15, 0.2) is 17.5 Å². The molecule has 1 aromatic heterocycles. The standard InChI is InChI=1S/C12H17NO2S2/c1-13(5-6-16-2)8-11-7-10(9-17-11)3-4-12(14)15/h3-4,7,9H,5-6,8H2,1-2H3,(H,14,15)/b4-3+. The minimum atomic E-state index is -0.908. The summed E-state index contributed by atoms with van der Waals surface area (Å²) in [4.78, 5) is 13.9. The van der Waals surface area contributed by atoms with Crippen molar-refractivity contribution in [3.63, 3.8) is 0 Å². The van der Waals surface area contributed by atoms with Crippen molar-refractivity contribution in [1.29, 1.82) is 0 Å². The van der Waals surface area contributed by atoms with E-state index in [1.807, 2.05) is 23.2 Å². The molecular weight excluding hydrogens is 254 g/mol. The number of hydrogen-bond acceptors (Lipinski definition) is 4. The van der Waals surface area contributed by atoms with Crippen molar-refractivity contribution in [2.75, 3.05) is 25.6 Å². The number of rotatable bonds is 7. The molecule has 0 radical (unpaired) electrons. The van der Waals surface area contributed by atoms with E-state index in [0.29, 0.717) is 0 Å². The molecule has 1 N–H and O–H groups in total. The minimum absolute atomic E-state index is 0.908. The third kappa shape index (κ3) is 5.91. The predicted molar refractivity (Wildman–Crippen MR) is 75.7 cm³/mol. The van der Waals surface area contributed by atoms with Crippen LogP contribution in [0, 0.1) is 0 Å². The summed E-state index contributed by atoms with van der Waals surface area (Å²) in [5, 5.41) is 10.5. The topological polar surface area (TPSA) is 40.5 Å². The van der Waals surface area contributed by atoms with Crippen molar-refractivity contribution in [3.05, 3.63) is 28.0 Å². The van der Waals surface area contributed by atoms with Crippen LogP contribution >= 0.6 is 23.1 Å². The lowest BCUT2D eigenvalue weighted by molar-refractivity contribution is -0.131. The third-order valence-electron chi connectivity index (χ3n) is 2.20. The molecule has 0 aromatic carbocycles. The molecule has 0 aliphatic rings. The minimum Gasteiger partial charge on any atom is -0.478 e. The van der Waals surface area contributed by atoms with E-state index < -0.39 is 5.97 Å². The van der Waals surface area contributed by atoms with Gasteiger partial charge in [-0.15, -0.1) is 11.3 Å². The van der Waals surface area contributed by atoms with Gasteiger partial charge in [0.1, 0.15) is 0 Å². The summed E-state index contributed by atoms with van der Waals surface area (Å²) in [6, 6.07) is 2.04. The molecule has 0 spiro atoms. The zero-order valence-corrected chi connectivity index (χ0v) is 11.7. The zero-order valence-electron chi connectivity index (χ0n) is 10.0. The number of carboxylic acid groups (broad SMARTS) is 1. The number of carboxylic acids is 1. The van der Waals surface area contributed by atoms with Gasteiger partial charge in [0.2, 0.25) is 0 Å². The first-order chi connectivity index (χ1) is 8.11. The van der Waals surface area contributed by atoms with E-state index in [2.05, 4.69) is 18.2 Å². The second kappa shape index (κ2) is 7.53. The number of aliphatic carboxylic acids is 1. The van der Waals surface area contributed by atoms with Crippen LogP contribution in [0.4, 0.5) is 0 Å². The normalized spacial score (nSPS) is 11.5. The van der Waals surface area contributed by atoms with Gasteiger partial charge in [-0.3, -0.25) is 0 Å². The lowest BCUT2D eigenvalue weighted by Gasteiger charge is -2.14. The Hall–Kier alpha value is -0.780. The first-order valence-corrected chi connectivity index (χ1v) is 7.55. The van der Waals surface area contributed by atoms with Gasteiger partial charge < -0.3 is 10.0 Å². The second-order valence-corrected chi connectivity index (χ2v) is 5.73. The molecule has 0 aliphatic heterocycles. The SMILES string of the molecule is CSCCN(C)Cc1cc(/C=C/C(=O)O)cs1. The van der Waals surface area contributed by atoms with E-state index in [1.54, 1.807) is 17.4 Å². The Morgan fingerprint density at radius 1 is 1.65 bits per heavy atom. The molecule has 5 heteroatoms. The lowest BCUT2D eigenvalue weighted by Crippen LogP contribution is -2.19. The molecule has 0 saturated heterocycles. The summed E-state index contributed by atoms with van der Waals surface area (Å²) in [6.07, 6.45) is 4.90. The summed E-state index contributed by atoms with van der Waals surface area (Å²) in [6.45, 7) is 1.99. The van der Waals surface area contributed by atoms with Crippen molar-refractivity contribution in [1.82, 2.24) is 4.90 Å². The maximum absolute atomic E-state index is 10.4. The van der Waals surface area contributed by atoms with E-state index in [0.717, 1.165) is 24.4 Å². The highest BCUT2D eigenvalue weighted by Crippen LogP contribution is 2.17. The van der Waals surface area contributed by atoms with Crippen LogP contribution in [-0.2, 0) is 11.3 Å². The fourth-order valence-electron chi connectivity index (χ4n) is 1.33. The van der Waals surface area contributed by atoms with Crippen LogP contribution in [0.25, 0.3) is 6.08 Å². The second-order valence-electron chi connectivity index (χ2n) is 3.75. The maximum Gasteiger partial charge on any atom is 0.328 e. The van der Waals surface area contributed by atoms with Crippen molar-refractivity contribution in [2.24, 2.45) is 0 Å². The van der Waals surface area contributed by atoms with Crippen LogP contribution in [0.5, 0.6) is 0 Å². The fraction of sp³-hybridized carbons (Fsp3) is 0.417.